The normalized spacial score (nSPS) is 29.0. The van der Waals surface area contributed by atoms with E-state index in [1.54, 1.807) is 0 Å². The minimum Gasteiger partial charge on any atom is -0.481 e. The summed E-state index contributed by atoms with van der Waals surface area (Å²) >= 11 is 0. The van der Waals surface area contributed by atoms with Gasteiger partial charge < -0.3 is 10.4 Å². The Balaban J connectivity index is 1.83. The van der Waals surface area contributed by atoms with Crippen LogP contribution in [0.25, 0.3) is 0 Å². The van der Waals surface area contributed by atoms with Crippen LogP contribution in [-0.2, 0) is 4.79 Å². The zero-order valence-electron chi connectivity index (χ0n) is 8.54. The Kier molecular flexibility index (Phi) is 3.06. The van der Waals surface area contributed by atoms with E-state index in [0.29, 0.717) is 12.3 Å². The minimum atomic E-state index is -0.637. The lowest BCUT2D eigenvalue weighted by Gasteiger charge is -2.21. The number of carboxylic acids is 1. The quantitative estimate of drug-likeness (QED) is 0.702. The molecular weight excluding hydrogens is 178 g/mol. The summed E-state index contributed by atoms with van der Waals surface area (Å²) in [5.41, 5.74) is 0. The highest BCUT2D eigenvalue weighted by Gasteiger charge is 2.37. The molecule has 2 rings (SSSR count). The Labute approximate surface area is 84.9 Å². The Hall–Kier alpha value is -0.570. The van der Waals surface area contributed by atoms with E-state index in [1.807, 2.05) is 0 Å². The maximum Gasteiger partial charge on any atom is 0.303 e. The number of nitrogens with one attached hydrogen (secondary N) is 1. The van der Waals surface area contributed by atoms with E-state index in [4.69, 9.17) is 5.11 Å². The number of hydrogen-bond acceptors (Lipinski definition) is 2. The van der Waals surface area contributed by atoms with Crippen molar-refractivity contribution in [2.75, 3.05) is 13.1 Å². The second-order valence-electron chi connectivity index (χ2n) is 4.69. The van der Waals surface area contributed by atoms with E-state index in [9.17, 15) is 4.79 Å². The van der Waals surface area contributed by atoms with Crippen molar-refractivity contribution < 1.29 is 9.90 Å². The van der Waals surface area contributed by atoms with E-state index in [0.717, 1.165) is 31.3 Å². The SMILES string of the molecule is O=C(O)CCC(C1CC1)C1CCNC1. The topological polar surface area (TPSA) is 49.3 Å². The zero-order valence-corrected chi connectivity index (χ0v) is 8.54. The van der Waals surface area contributed by atoms with Gasteiger partial charge in [0.25, 0.3) is 0 Å². The van der Waals surface area contributed by atoms with E-state index >= 15 is 0 Å². The van der Waals surface area contributed by atoms with E-state index in [-0.39, 0.29) is 0 Å². The molecule has 1 saturated carbocycles. The van der Waals surface area contributed by atoms with Crippen molar-refractivity contribution in [3.8, 4) is 0 Å². The number of carboxylic acid groups (broad SMARTS) is 1. The highest BCUT2D eigenvalue weighted by Crippen LogP contribution is 2.44. The molecule has 0 aromatic rings. The molecule has 2 atom stereocenters. The van der Waals surface area contributed by atoms with Crippen molar-refractivity contribution in [1.29, 1.82) is 0 Å². The van der Waals surface area contributed by atoms with Crippen molar-refractivity contribution in [2.45, 2.75) is 32.1 Å². The molecule has 3 heteroatoms. The molecule has 0 spiro atoms. The van der Waals surface area contributed by atoms with E-state index in [1.165, 1.54) is 19.3 Å². The lowest BCUT2D eigenvalue weighted by atomic mass is 9.84. The lowest BCUT2D eigenvalue weighted by Crippen LogP contribution is -2.20. The molecule has 1 heterocycles. The molecule has 0 aromatic carbocycles. The summed E-state index contributed by atoms with van der Waals surface area (Å²) in [6, 6.07) is 0. The lowest BCUT2D eigenvalue weighted by molar-refractivity contribution is -0.137. The van der Waals surface area contributed by atoms with Gasteiger partial charge in [-0.3, -0.25) is 4.79 Å². The molecule has 0 bridgehead atoms. The maximum absolute atomic E-state index is 10.5. The maximum atomic E-state index is 10.5. The van der Waals surface area contributed by atoms with Crippen molar-refractivity contribution in [3.05, 3.63) is 0 Å². The van der Waals surface area contributed by atoms with Crippen LogP contribution in [0, 0.1) is 17.8 Å². The molecule has 0 amide bonds. The van der Waals surface area contributed by atoms with Crippen LogP contribution < -0.4 is 5.32 Å². The summed E-state index contributed by atoms with van der Waals surface area (Å²) in [6.45, 7) is 2.24. The molecule has 0 aromatic heterocycles. The third-order valence-corrected chi connectivity index (χ3v) is 3.62. The van der Waals surface area contributed by atoms with Gasteiger partial charge in [-0.15, -0.1) is 0 Å². The summed E-state index contributed by atoms with van der Waals surface area (Å²) < 4.78 is 0. The van der Waals surface area contributed by atoms with Crippen LogP contribution in [0.3, 0.4) is 0 Å². The van der Waals surface area contributed by atoms with Crippen molar-refractivity contribution in [1.82, 2.24) is 5.32 Å². The summed E-state index contributed by atoms with van der Waals surface area (Å²) in [5, 5.41) is 12.1. The van der Waals surface area contributed by atoms with Crippen LogP contribution in [0.15, 0.2) is 0 Å². The highest BCUT2D eigenvalue weighted by atomic mass is 16.4. The molecule has 0 radical (unpaired) electrons. The van der Waals surface area contributed by atoms with Crippen LogP contribution in [0.5, 0.6) is 0 Å². The van der Waals surface area contributed by atoms with Crippen LogP contribution in [0.2, 0.25) is 0 Å². The Morgan fingerprint density at radius 1 is 1.36 bits per heavy atom. The Morgan fingerprint density at radius 3 is 2.64 bits per heavy atom. The van der Waals surface area contributed by atoms with Gasteiger partial charge in [0, 0.05) is 6.42 Å². The first-order valence-electron chi connectivity index (χ1n) is 5.70. The van der Waals surface area contributed by atoms with Gasteiger partial charge in [-0.2, -0.15) is 0 Å². The standard InChI is InChI=1S/C11H19NO2/c13-11(14)4-3-10(8-1-2-8)9-5-6-12-7-9/h8-10,12H,1-7H2,(H,13,14). The van der Waals surface area contributed by atoms with Crippen LogP contribution >= 0.6 is 0 Å². The molecular formula is C11H19NO2. The fraction of sp³-hybridized carbons (Fsp3) is 0.909. The van der Waals surface area contributed by atoms with Crippen LogP contribution in [0.1, 0.15) is 32.1 Å². The number of carbonyl (C=O) groups is 1. The summed E-state index contributed by atoms with van der Waals surface area (Å²) in [6.07, 6.45) is 5.17. The Morgan fingerprint density at radius 2 is 2.14 bits per heavy atom. The van der Waals surface area contributed by atoms with Crippen LogP contribution in [0.4, 0.5) is 0 Å². The fourth-order valence-corrected chi connectivity index (χ4v) is 2.71. The summed E-state index contributed by atoms with van der Waals surface area (Å²) in [7, 11) is 0. The number of aliphatic carboxylic acids is 1. The monoisotopic (exact) mass is 197 g/mol. The van der Waals surface area contributed by atoms with Gasteiger partial charge in [0.05, 0.1) is 0 Å². The molecule has 80 valence electrons. The summed E-state index contributed by atoms with van der Waals surface area (Å²) in [5.74, 6) is 1.64. The van der Waals surface area contributed by atoms with Gasteiger partial charge in [-0.25, -0.2) is 0 Å². The summed E-state index contributed by atoms with van der Waals surface area (Å²) in [4.78, 5) is 10.5. The minimum absolute atomic E-state index is 0.359. The highest BCUT2D eigenvalue weighted by molar-refractivity contribution is 5.66. The predicted octanol–water partition coefficient (Wildman–Crippen LogP) is 1.49. The molecule has 2 N–H and O–H groups in total. The van der Waals surface area contributed by atoms with Gasteiger partial charge in [-0.1, -0.05) is 0 Å². The molecule has 14 heavy (non-hydrogen) atoms. The predicted molar refractivity (Wildman–Crippen MR) is 54.1 cm³/mol. The number of hydrogen-bond donors (Lipinski definition) is 2. The third kappa shape index (κ3) is 2.47. The third-order valence-electron chi connectivity index (χ3n) is 3.62. The molecule has 3 nitrogen and oxygen atoms in total. The first kappa shape index (κ1) is 9.97. The Bertz CT molecular complexity index is 207. The molecule has 1 aliphatic carbocycles. The smallest absolute Gasteiger partial charge is 0.303 e. The van der Waals surface area contributed by atoms with Gasteiger partial charge in [0.2, 0.25) is 0 Å². The zero-order chi connectivity index (χ0) is 9.97. The van der Waals surface area contributed by atoms with E-state index in [2.05, 4.69) is 5.32 Å². The largest absolute Gasteiger partial charge is 0.481 e. The molecule has 2 unspecified atom stereocenters. The molecule has 1 aliphatic heterocycles. The van der Waals surface area contributed by atoms with Crippen molar-refractivity contribution in [2.24, 2.45) is 17.8 Å². The van der Waals surface area contributed by atoms with Gasteiger partial charge in [-0.05, 0) is 56.5 Å². The number of rotatable bonds is 5. The van der Waals surface area contributed by atoms with Gasteiger partial charge in [0.1, 0.15) is 0 Å². The molecule has 2 aliphatic rings. The second-order valence-corrected chi connectivity index (χ2v) is 4.69. The van der Waals surface area contributed by atoms with Crippen LogP contribution in [-0.4, -0.2) is 24.2 Å². The van der Waals surface area contributed by atoms with E-state index < -0.39 is 5.97 Å². The first-order chi connectivity index (χ1) is 6.77. The average molecular weight is 197 g/mol. The average Bonchev–Trinajstić information content (AvgIpc) is 2.81. The van der Waals surface area contributed by atoms with Gasteiger partial charge >= 0.3 is 5.97 Å². The van der Waals surface area contributed by atoms with Crippen molar-refractivity contribution >= 4 is 5.97 Å². The second kappa shape index (κ2) is 4.30. The fourth-order valence-electron chi connectivity index (χ4n) is 2.71. The molecule has 1 saturated heterocycles. The van der Waals surface area contributed by atoms with Crippen molar-refractivity contribution in [3.63, 3.8) is 0 Å². The van der Waals surface area contributed by atoms with Gasteiger partial charge in [0.15, 0.2) is 0 Å². The molecule has 2 fully saturated rings. The first-order valence-corrected chi connectivity index (χ1v) is 5.70.